The number of nitrogens with zero attached hydrogens (tertiary/aromatic N) is 12. The molecule has 0 atom stereocenters. The number of hydrogen-bond donors (Lipinski definition) is 1. The fraction of sp³-hybridized carbons (Fsp3) is 0.427. The molecule has 6 fully saturated rings. The van der Waals surface area contributed by atoms with E-state index in [0.717, 1.165) is 105 Å². The van der Waals surface area contributed by atoms with Crippen LogP contribution in [0.5, 0.6) is 5.75 Å². The highest BCUT2D eigenvalue weighted by Gasteiger charge is 2.34. The van der Waals surface area contributed by atoms with E-state index >= 15 is 0 Å². The fourth-order valence-electron chi connectivity index (χ4n) is 9.40. The molecule has 0 radical (unpaired) electrons. The molecule has 3 aromatic heterocycles. The van der Waals surface area contributed by atoms with Crippen LogP contribution in [-0.2, 0) is 11.3 Å². The molecule has 5 heterocycles. The van der Waals surface area contributed by atoms with E-state index in [1.165, 1.54) is 56.3 Å². The van der Waals surface area contributed by atoms with Crippen molar-refractivity contribution in [2.45, 2.75) is 184 Å². The van der Waals surface area contributed by atoms with Gasteiger partial charge in [-0.15, -0.1) is 15.9 Å². The Kier molecular flexibility index (Phi) is 35.3. The number of likely N-dealkylation sites (tertiary alicyclic amines) is 2. The fourth-order valence-corrected chi connectivity index (χ4v) is 9.40. The van der Waals surface area contributed by atoms with Gasteiger partial charge in [-0.3, -0.25) is 29.1 Å². The number of amides is 2. The third-order valence-corrected chi connectivity index (χ3v) is 14.3. The topological polar surface area (TPSA) is 205 Å². The Morgan fingerprint density at radius 1 is 0.516 bits per heavy atom. The standard InChI is InChI=1S/C16H18N4O.C16H20N4.C13H13N3O.C10H12N2O.C7H6O2.C3H4.5C2H6/c21-16(19-10-4-5-11-19)14-17-15(12-6-2-1-3-7-12)20(18-14)13-8-9-13;1-2-6-13(7-3-1)16-17-15(12-19-10-4-5-11-19)18-20(16)14-8-9-14;1-9(17)12-14-13(10-5-3-2-4-6-10)16(15-12)11-7-8-11;11-12(9-6-7-9)10(13)8-4-2-1-3-5-8;8-6-9-7-4-2-1-3-5-7;1-3-2;5*1-2/h1-3,6-7,13H,4-5,8-11H2;1-3,6-7,14H,4-5,8-12H2;2-6,11H,7-8H2,1H3;1-5,9H,6-7,11H2;1-6H;1-2H2;5*1-2H3. The maximum Gasteiger partial charge on any atom is 0.298 e. The van der Waals surface area contributed by atoms with Crippen LogP contribution in [0.15, 0.2) is 171 Å². The molecule has 0 unspecified atom stereocenters. The van der Waals surface area contributed by atoms with Gasteiger partial charge >= 0.3 is 0 Å². The van der Waals surface area contributed by atoms with Crippen LogP contribution in [0, 0.1) is 0 Å². The van der Waals surface area contributed by atoms with Gasteiger partial charge in [0.1, 0.15) is 5.75 Å². The van der Waals surface area contributed by atoms with E-state index in [9.17, 15) is 19.2 Å². The Labute approximate surface area is 554 Å². The number of nitrogens with two attached hydrogens (primary N) is 1. The zero-order valence-corrected chi connectivity index (χ0v) is 57.2. The average Bonchev–Trinajstić information content (AvgIpc) is 1.66. The smallest absolute Gasteiger partial charge is 0.298 e. The zero-order valence-electron chi connectivity index (χ0n) is 57.2. The van der Waals surface area contributed by atoms with Gasteiger partial charge in [0.25, 0.3) is 18.3 Å². The summed E-state index contributed by atoms with van der Waals surface area (Å²) >= 11 is 0. The Bertz CT molecular complexity index is 3380. The van der Waals surface area contributed by atoms with Gasteiger partial charge in [0.15, 0.2) is 29.1 Å². The van der Waals surface area contributed by atoms with Gasteiger partial charge in [-0.25, -0.2) is 34.8 Å². The molecule has 498 valence electrons. The third kappa shape index (κ3) is 24.9. The summed E-state index contributed by atoms with van der Waals surface area (Å²) in [5, 5.41) is 14.9. The largest absolute Gasteiger partial charge is 0.429 e. The Morgan fingerprint density at radius 3 is 1.26 bits per heavy atom. The van der Waals surface area contributed by atoms with Crippen molar-refractivity contribution in [2.75, 3.05) is 26.2 Å². The minimum Gasteiger partial charge on any atom is -0.429 e. The summed E-state index contributed by atoms with van der Waals surface area (Å²) in [6.07, 6.45) is 13.9. The van der Waals surface area contributed by atoms with E-state index in [0.29, 0.717) is 47.6 Å². The molecule has 2 aliphatic heterocycles. The van der Waals surface area contributed by atoms with E-state index in [1.807, 2.05) is 174 Å². The molecule has 0 bridgehead atoms. The summed E-state index contributed by atoms with van der Waals surface area (Å²) < 4.78 is 10.5. The molecule has 4 saturated carbocycles. The molecule has 5 aromatic carbocycles. The average molecular weight is 1270 g/mol. The van der Waals surface area contributed by atoms with Gasteiger partial charge in [0, 0.05) is 48.3 Å². The predicted octanol–water partition coefficient (Wildman–Crippen LogP) is 16.3. The van der Waals surface area contributed by atoms with Crippen LogP contribution in [-0.4, -0.2) is 115 Å². The van der Waals surface area contributed by atoms with Crippen LogP contribution in [0.3, 0.4) is 0 Å². The van der Waals surface area contributed by atoms with Crippen LogP contribution in [0.25, 0.3) is 34.2 Å². The number of ether oxygens (including phenoxy) is 1. The van der Waals surface area contributed by atoms with Crippen LogP contribution in [0.2, 0.25) is 0 Å². The van der Waals surface area contributed by atoms with Gasteiger partial charge in [0.2, 0.25) is 11.6 Å². The highest BCUT2D eigenvalue weighted by atomic mass is 16.5. The summed E-state index contributed by atoms with van der Waals surface area (Å²) in [6, 6.07) is 50.0. The first-order valence-corrected chi connectivity index (χ1v) is 33.8. The lowest BCUT2D eigenvalue weighted by Gasteiger charge is -2.15. The first-order chi connectivity index (χ1) is 45.6. The van der Waals surface area contributed by atoms with Crippen molar-refractivity contribution in [1.82, 2.24) is 59.1 Å². The van der Waals surface area contributed by atoms with Gasteiger partial charge < -0.3 is 9.64 Å². The number of aromatic nitrogens is 9. The van der Waals surface area contributed by atoms with Gasteiger partial charge in [-0.2, -0.15) is 5.10 Å². The van der Waals surface area contributed by atoms with E-state index in [-0.39, 0.29) is 23.6 Å². The molecule has 2 N–H and O–H groups in total. The first-order valence-electron chi connectivity index (χ1n) is 33.8. The highest BCUT2D eigenvalue weighted by molar-refractivity contribution is 5.94. The van der Waals surface area contributed by atoms with Gasteiger partial charge in [0.05, 0.1) is 24.7 Å². The SMILES string of the molecule is C=C=C.CC.CC.CC.CC.CC.CC(=O)c1nc(-c2ccccc2)n(C2CC2)n1.NN(C(=O)c1ccccc1)C1CC1.O=C(c1nc(-c2ccccc2)n(C2CC2)n1)N1CCCC1.O=COc1ccccc1.c1ccc(-c2nc(CN3CCCC3)nn2C2CC2)cc1. The molecule has 0 spiro atoms. The van der Waals surface area contributed by atoms with E-state index < -0.39 is 0 Å². The molecule has 2 saturated heterocycles. The number of rotatable bonds is 14. The highest BCUT2D eigenvalue weighted by Crippen LogP contribution is 2.39. The number of benzene rings is 5. The van der Waals surface area contributed by atoms with Crippen LogP contribution in [0.4, 0.5) is 0 Å². The summed E-state index contributed by atoms with van der Waals surface area (Å²) in [7, 11) is 0. The van der Waals surface area contributed by atoms with Crippen LogP contribution >= 0.6 is 0 Å². The molecule has 8 aromatic rings. The van der Waals surface area contributed by atoms with Gasteiger partial charge in [-0.05, 0) is 114 Å². The summed E-state index contributed by atoms with van der Waals surface area (Å²) in [4.78, 5) is 63.2. The number of ketones is 1. The molecule has 18 nitrogen and oxygen atoms in total. The lowest BCUT2D eigenvalue weighted by atomic mass is 10.2. The van der Waals surface area contributed by atoms with Crippen LogP contribution < -0.4 is 10.6 Å². The molecular formula is C75H103N13O5. The Balaban J connectivity index is 0.000000241. The molecular weight excluding hydrogens is 1160 g/mol. The van der Waals surface area contributed by atoms with Gasteiger partial charge in [-0.1, -0.05) is 210 Å². The van der Waals surface area contributed by atoms with Crippen molar-refractivity contribution < 1.29 is 23.9 Å². The number of Topliss-reactive ketones (excluding diaryl/α,β-unsaturated/α-hetero) is 1. The number of carbonyl (C=O) groups excluding carboxylic acids is 4. The summed E-state index contributed by atoms with van der Waals surface area (Å²) in [5.41, 5.74) is 6.13. The lowest BCUT2D eigenvalue weighted by molar-refractivity contribution is -0.120. The van der Waals surface area contributed by atoms with Crippen molar-refractivity contribution in [3.8, 4) is 39.9 Å². The number of hydrogen-bond acceptors (Lipinski definition) is 13. The Hall–Kier alpha value is -8.96. The maximum absolute atomic E-state index is 12.5. The maximum atomic E-state index is 12.5. The number of carbonyl (C=O) groups is 4. The first kappa shape index (κ1) is 76.5. The predicted molar refractivity (Wildman–Crippen MR) is 375 cm³/mol. The summed E-state index contributed by atoms with van der Waals surface area (Å²) in [5.74, 6) is 10.3. The molecule has 2 amide bonds. The molecule has 6 aliphatic rings. The minimum atomic E-state index is -0.0819. The number of para-hydroxylation sites is 1. The second kappa shape index (κ2) is 43.0. The molecule has 4 aliphatic carbocycles. The van der Waals surface area contributed by atoms with Crippen molar-refractivity contribution in [3.05, 3.63) is 194 Å². The number of hydrazine groups is 1. The minimum absolute atomic E-state index is 0.0240. The quantitative estimate of drug-likeness (QED) is 0.0269. The summed E-state index contributed by atoms with van der Waals surface area (Å²) in [6.45, 7) is 33.1. The van der Waals surface area contributed by atoms with Crippen LogP contribution in [0.1, 0.15) is 209 Å². The molecule has 93 heavy (non-hydrogen) atoms. The lowest BCUT2D eigenvalue weighted by Crippen LogP contribution is -2.39. The Morgan fingerprint density at radius 2 is 0.871 bits per heavy atom. The van der Waals surface area contributed by atoms with E-state index in [4.69, 9.17) is 15.9 Å². The zero-order chi connectivity index (χ0) is 67.9. The second-order valence-corrected chi connectivity index (χ2v) is 21.1. The molecule has 14 rings (SSSR count). The van der Waals surface area contributed by atoms with Crippen molar-refractivity contribution >= 4 is 24.1 Å². The van der Waals surface area contributed by atoms with Crippen molar-refractivity contribution in [2.24, 2.45) is 5.84 Å². The normalized spacial score (nSPS) is 14.4. The second-order valence-electron chi connectivity index (χ2n) is 21.1. The van der Waals surface area contributed by atoms with E-state index in [2.05, 4.69) is 77.6 Å². The molecule has 18 heteroatoms. The monoisotopic (exact) mass is 1270 g/mol. The van der Waals surface area contributed by atoms with Crippen molar-refractivity contribution in [1.29, 1.82) is 0 Å². The van der Waals surface area contributed by atoms with Crippen molar-refractivity contribution in [3.63, 3.8) is 0 Å². The van der Waals surface area contributed by atoms with E-state index in [1.54, 1.807) is 36.4 Å². The third-order valence-electron chi connectivity index (χ3n) is 14.3.